The molecule has 2 heteroatoms. The Balaban J connectivity index is 0.000000389. The first kappa shape index (κ1) is 20.4. The van der Waals surface area contributed by atoms with Gasteiger partial charge in [0.15, 0.2) is 0 Å². The van der Waals surface area contributed by atoms with Crippen molar-refractivity contribution in [2.45, 2.75) is 40.5 Å². The maximum absolute atomic E-state index is 4.82. The van der Waals surface area contributed by atoms with Crippen LogP contribution in [0.1, 0.15) is 40.5 Å². The lowest BCUT2D eigenvalue weighted by molar-refractivity contribution is 0.886. The topological polar surface area (TPSA) is 17.8 Å². The largest absolute Gasteiger partial charge is 0.292 e. The average Bonchev–Trinajstić information content (AvgIpc) is 3.16. The van der Waals surface area contributed by atoms with Crippen LogP contribution in [0.15, 0.2) is 84.9 Å². The van der Waals surface area contributed by atoms with Crippen molar-refractivity contribution in [3.8, 4) is 17.1 Å². The molecule has 0 N–H and O–H groups in total. The van der Waals surface area contributed by atoms with E-state index in [0.717, 1.165) is 28.1 Å². The number of hydrogen-bond donors (Lipinski definition) is 0. The first-order valence-corrected chi connectivity index (χ1v) is 9.93. The number of aromatic nitrogens is 2. The molecule has 27 heavy (non-hydrogen) atoms. The molecule has 0 saturated heterocycles. The van der Waals surface area contributed by atoms with E-state index in [2.05, 4.69) is 73.0 Å². The Morgan fingerprint density at radius 2 is 1.19 bits per heavy atom. The second-order valence-corrected chi connectivity index (χ2v) is 5.96. The summed E-state index contributed by atoms with van der Waals surface area (Å²) in [6.45, 7) is 8.36. The molecule has 140 valence electrons. The second kappa shape index (κ2) is 11.0. The van der Waals surface area contributed by atoms with Crippen molar-refractivity contribution >= 4 is 11.0 Å². The minimum atomic E-state index is 0.975. The summed E-state index contributed by atoms with van der Waals surface area (Å²) in [7, 11) is 0. The molecule has 4 aromatic rings. The summed E-state index contributed by atoms with van der Waals surface area (Å²) in [6, 6.07) is 28.9. The molecular weight excluding hydrogens is 328 g/mol. The fourth-order valence-electron chi connectivity index (χ4n) is 2.65. The maximum atomic E-state index is 4.82. The van der Waals surface area contributed by atoms with Crippen LogP contribution in [0.25, 0.3) is 28.1 Å². The molecule has 0 spiro atoms. The molecule has 1 aromatic heterocycles. The molecule has 0 amide bonds. The normalized spacial score (nSPS) is 9.78. The molecule has 0 radical (unpaired) electrons. The number of para-hydroxylation sites is 3. The van der Waals surface area contributed by atoms with E-state index in [4.69, 9.17) is 4.98 Å². The zero-order valence-corrected chi connectivity index (χ0v) is 16.9. The third-order valence-electron chi connectivity index (χ3n) is 4.11. The predicted molar refractivity (Wildman–Crippen MR) is 118 cm³/mol. The fraction of sp³-hybridized carbons (Fsp3) is 0.240. The molecule has 0 atom stereocenters. The summed E-state index contributed by atoms with van der Waals surface area (Å²) >= 11 is 0. The van der Waals surface area contributed by atoms with E-state index < -0.39 is 0 Å². The average molecular weight is 359 g/mol. The van der Waals surface area contributed by atoms with Gasteiger partial charge in [0, 0.05) is 11.3 Å². The summed E-state index contributed by atoms with van der Waals surface area (Å²) in [5, 5.41) is 0. The predicted octanol–water partition coefficient (Wildman–Crippen LogP) is 7.53. The van der Waals surface area contributed by atoms with Gasteiger partial charge in [-0.05, 0) is 24.3 Å². The number of unbranched alkanes of at least 4 members (excludes halogenated alkanes) is 1. The van der Waals surface area contributed by atoms with Gasteiger partial charge in [-0.25, -0.2) is 4.98 Å². The smallest absolute Gasteiger partial charge is 0.145 e. The third-order valence-corrected chi connectivity index (χ3v) is 4.11. The SMILES string of the molecule is CC.CCCC.c1ccc(-c2nc3ccccc3n2-c2ccccc2)cc1. The van der Waals surface area contributed by atoms with E-state index >= 15 is 0 Å². The van der Waals surface area contributed by atoms with Gasteiger partial charge in [0.2, 0.25) is 0 Å². The Morgan fingerprint density at radius 1 is 0.667 bits per heavy atom. The molecule has 0 bridgehead atoms. The van der Waals surface area contributed by atoms with Gasteiger partial charge in [0.25, 0.3) is 0 Å². The number of nitrogens with zero attached hydrogens (tertiary/aromatic N) is 2. The van der Waals surface area contributed by atoms with E-state index in [9.17, 15) is 0 Å². The van der Waals surface area contributed by atoms with Gasteiger partial charge in [0.05, 0.1) is 11.0 Å². The first-order chi connectivity index (χ1) is 13.3. The van der Waals surface area contributed by atoms with Crippen LogP contribution < -0.4 is 0 Å². The lowest BCUT2D eigenvalue weighted by Crippen LogP contribution is -1.96. The summed E-state index contributed by atoms with van der Waals surface area (Å²) in [5.74, 6) is 0.975. The molecule has 4 rings (SSSR count). The summed E-state index contributed by atoms with van der Waals surface area (Å²) in [5.41, 5.74) is 4.39. The molecule has 0 aliphatic carbocycles. The Labute approximate surface area is 163 Å². The minimum Gasteiger partial charge on any atom is -0.292 e. The zero-order valence-electron chi connectivity index (χ0n) is 16.9. The van der Waals surface area contributed by atoms with Gasteiger partial charge in [-0.15, -0.1) is 0 Å². The van der Waals surface area contributed by atoms with E-state index in [-0.39, 0.29) is 0 Å². The van der Waals surface area contributed by atoms with Gasteiger partial charge in [-0.1, -0.05) is 101 Å². The number of benzene rings is 3. The standard InChI is InChI=1S/C19H14N2.C4H10.C2H6/c1-3-9-15(10-4-1)19-20-17-13-7-8-14-18(17)21(19)16-11-5-2-6-12-16;1-3-4-2;1-2/h1-14H;3-4H2,1-2H3;1-2H3. The minimum absolute atomic E-state index is 0.975. The van der Waals surface area contributed by atoms with E-state index in [0.29, 0.717) is 0 Å². The van der Waals surface area contributed by atoms with Crippen LogP contribution in [0.2, 0.25) is 0 Å². The highest BCUT2D eigenvalue weighted by atomic mass is 15.1. The van der Waals surface area contributed by atoms with Crippen molar-refractivity contribution in [2.75, 3.05) is 0 Å². The summed E-state index contributed by atoms with van der Waals surface area (Å²) in [4.78, 5) is 4.82. The Bertz CT molecular complexity index is 907. The van der Waals surface area contributed by atoms with Gasteiger partial charge in [-0.2, -0.15) is 0 Å². The van der Waals surface area contributed by atoms with Gasteiger partial charge in [-0.3, -0.25) is 4.57 Å². The molecule has 0 unspecified atom stereocenters. The quantitative estimate of drug-likeness (QED) is 0.370. The number of hydrogen-bond acceptors (Lipinski definition) is 1. The monoisotopic (exact) mass is 358 g/mol. The molecule has 0 fully saturated rings. The Hall–Kier alpha value is -2.87. The highest BCUT2D eigenvalue weighted by molar-refractivity contribution is 5.83. The second-order valence-electron chi connectivity index (χ2n) is 5.96. The zero-order chi connectivity index (χ0) is 19.5. The van der Waals surface area contributed by atoms with Crippen molar-refractivity contribution < 1.29 is 0 Å². The highest BCUT2D eigenvalue weighted by Gasteiger charge is 2.13. The fourth-order valence-corrected chi connectivity index (χ4v) is 2.65. The van der Waals surface area contributed by atoms with Gasteiger partial charge in [0.1, 0.15) is 5.82 Å². The van der Waals surface area contributed by atoms with Crippen molar-refractivity contribution in [1.82, 2.24) is 9.55 Å². The van der Waals surface area contributed by atoms with Crippen molar-refractivity contribution in [1.29, 1.82) is 0 Å². The van der Waals surface area contributed by atoms with E-state index in [1.807, 2.05) is 44.2 Å². The molecule has 3 aromatic carbocycles. The van der Waals surface area contributed by atoms with Crippen LogP contribution in [0, 0.1) is 0 Å². The Kier molecular flexibility index (Phi) is 8.31. The van der Waals surface area contributed by atoms with Crippen molar-refractivity contribution in [3.63, 3.8) is 0 Å². The lowest BCUT2D eigenvalue weighted by Gasteiger charge is -2.09. The molecule has 0 aliphatic rings. The Morgan fingerprint density at radius 3 is 1.78 bits per heavy atom. The van der Waals surface area contributed by atoms with Crippen LogP contribution in [0.5, 0.6) is 0 Å². The third kappa shape index (κ3) is 5.07. The van der Waals surface area contributed by atoms with Gasteiger partial charge < -0.3 is 0 Å². The van der Waals surface area contributed by atoms with Crippen LogP contribution >= 0.6 is 0 Å². The molecule has 1 heterocycles. The van der Waals surface area contributed by atoms with Gasteiger partial charge >= 0.3 is 0 Å². The summed E-state index contributed by atoms with van der Waals surface area (Å²) < 4.78 is 2.21. The van der Waals surface area contributed by atoms with Crippen molar-refractivity contribution in [2.24, 2.45) is 0 Å². The summed E-state index contributed by atoms with van der Waals surface area (Å²) in [6.07, 6.45) is 2.64. The highest BCUT2D eigenvalue weighted by Crippen LogP contribution is 2.28. The first-order valence-electron chi connectivity index (χ1n) is 9.93. The molecule has 0 saturated carbocycles. The number of rotatable bonds is 3. The lowest BCUT2D eigenvalue weighted by atomic mass is 10.2. The van der Waals surface area contributed by atoms with Crippen LogP contribution in [-0.4, -0.2) is 9.55 Å². The number of fused-ring (bicyclic) bond motifs is 1. The number of imidazole rings is 1. The van der Waals surface area contributed by atoms with Crippen LogP contribution in [-0.2, 0) is 0 Å². The van der Waals surface area contributed by atoms with E-state index in [1.54, 1.807) is 0 Å². The molecule has 0 aliphatic heterocycles. The van der Waals surface area contributed by atoms with Crippen molar-refractivity contribution in [3.05, 3.63) is 84.9 Å². The molecule has 2 nitrogen and oxygen atoms in total. The van der Waals surface area contributed by atoms with Crippen LogP contribution in [0.4, 0.5) is 0 Å². The van der Waals surface area contributed by atoms with Crippen LogP contribution in [0.3, 0.4) is 0 Å². The maximum Gasteiger partial charge on any atom is 0.145 e. The van der Waals surface area contributed by atoms with E-state index in [1.165, 1.54) is 12.8 Å². The molecular formula is C25H30N2.